The summed E-state index contributed by atoms with van der Waals surface area (Å²) < 4.78 is 2.36. The number of benzene rings is 1. The van der Waals surface area contributed by atoms with Crippen LogP contribution in [-0.4, -0.2) is 9.55 Å². The lowest BCUT2D eigenvalue weighted by Gasteiger charge is -2.14. The molecule has 2 aromatic rings. The maximum absolute atomic E-state index is 6.09. The predicted octanol–water partition coefficient (Wildman–Crippen LogP) is 4.52. The van der Waals surface area contributed by atoms with Crippen molar-refractivity contribution in [1.29, 1.82) is 0 Å². The molecule has 0 bridgehead atoms. The third-order valence-electron chi connectivity index (χ3n) is 4.41. The van der Waals surface area contributed by atoms with Crippen LogP contribution in [0.3, 0.4) is 0 Å². The van der Waals surface area contributed by atoms with Crippen LogP contribution in [0, 0.1) is 18.8 Å². The van der Waals surface area contributed by atoms with Gasteiger partial charge in [0.1, 0.15) is 5.82 Å². The average Bonchev–Trinajstić information content (AvgIpc) is 2.95. The fraction of sp³-hybridized carbons (Fsp3) is 0.562. The van der Waals surface area contributed by atoms with Gasteiger partial charge in [-0.05, 0) is 43.2 Å². The third kappa shape index (κ3) is 2.38. The largest absolute Gasteiger partial charge is 0.326 e. The lowest BCUT2D eigenvalue weighted by atomic mass is 10.1. The molecule has 0 N–H and O–H groups in total. The van der Waals surface area contributed by atoms with Crippen LogP contribution >= 0.6 is 11.6 Å². The number of aryl methyl sites for hydroxylation is 1. The molecule has 0 amide bonds. The number of nitrogens with zero attached hydrogens (tertiary/aromatic N) is 2. The fourth-order valence-electron chi connectivity index (χ4n) is 3.46. The van der Waals surface area contributed by atoms with E-state index >= 15 is 0 Å². The molecular formula is C16H21ClN2. The molecule has 0 radical (unpaired) electrons. The highest BCUT2D eigenvalue weighted by Crippen LogP contribution is 2.33. The monoisotopic (exact) mass is 276 g/mol. The van der Waals surface area contributed by atoms with Crippen molar-refractivity contribution < 1.29 is 0 Å². The number of halogens is 1. The maximum Gasteiger partial charge on any atom is 0.124 e. The number of hydrogen-bond acceptors (Lipinski definition) is 1. The molecular weight excluding hydrogens is 256 g/mol. The van der Waals surface area contributed by atoms with E-state index in [1.807, 2.05) is 0 Å². The summed E-state index contributed by atoms with van der Waals surface area (Å²) in [5.74, 6) is 3.18. The number of alkyl halides is 1. The van der Waals surface area contributed by atoms with Crippen LogP contribution in [0.5, 0.6) is 0 Å². The van der Waals surface area contributed by atoms with Crippen molar-refractivity contribution in [3.63, 3.8) is 0 Å². The van der Waals surface area contributed by atoms with E-state index in [9.17, 15) is 0 Å². The van der Waals surface area contributed by atoms with E-state index in [4.69, 9.17) is 11.6 Å². The molecule has 0 spiro atoms. The van der Waals surface area contributed by atoms with Crippen LogP contribution in [0.4, 0.5) is 0 Å². The van der Waals surface area contributed by atoms with Gasteiger partial charge in [-0.3, -0.25) is 0 Å². The Morgan fingerprint density at radius 1 is 1.37 bits per heavy atom. The standard InChI is InChI=1S/C16H21ClN2/c1-11-6-7-13(8-11)10-19-15(9-17)18-14-5-3-4-12(2)16(14)19/h3-5,11,13H,6-10H2,1-2H3. The van der Waals surface area contributed by atoms with Gasteiger partial charge in [-0.25, -0.2) is 4.98 Å². The zero-order chi connectivity index (χ0) is 13.4. The number of fused-ring (bicyclic) bond motifs is 1. The van der Waals surface area contributed by atoms with Gasteiger partial charge in [0.25, 0.3) is 0 Å². The number of aromatic nitrogens is 2. The van der Waals surface area contributed by atoms with Crippen LogP contribution < -0.4 is 0 Å². The van der Waals surface area contributed by atoms with Crippen LogP contribution in [0.15, 0.2) is 18.2 Å². The smallest absolute Gasteiger partial charge is 0.124 e. The molecule has 2 unspecified atom stereocenters. The highest BCUT2D eigenvalue weighted by molar-refractivity contribution is 6.16. The molecule has 2 atom stereocenters. The van der Waals surface area contributed by atoms with E-state index in [-0.39, 0.29) is 0 Å². The Hall–Kier alpha value is -1.02. The minimum Gasteiger partial charge on any atom is -0.326 e. The molecule has 1 aliphatic carbocycles. The molecule has 0 saturated heterocycles. The highest BCUT2D eigenvalue weighted by Gasteiger charge is 2.23. The van der Waals surface area contributed by atoms with Crippen LogP contribution in [0.1, 0.15) is 37.6 Å². The molecule has 1 fully saturated rings. The van der Waals surface area contributed by atoms with Crippen molar-refractivity contribution in [2.24, 2.45) is 11.8 Å². The topological polar surface area (TPSA) is 17.8 Å². The van der Waals surface area contributed by atoms with E-state index in [1.165, 1.54) is 30.3 Å². The van der Waals surface area contributed by atoms with Gasteiger partial charge in [-0.1, -0.05) is 25.5 Å². The van der Waals surface area contributed by atoms with E-state index in [2.05, 4.69) is 41.6 Å². The molecule has 1 heterocycles. The Bertz CT molecular complexity index is 588. The Labute approximate surface area is 119 Å². The van der Waals surface area contributed by atoms with Gasteiger partial charge in [0.05, 0.1) is 16.9 Å². The Morgan fingerprint density at radius 2 is 2.21 bits per heavy atom. The molecule has 3 rings (SSSR count). The van der Waals surface area contributed by atoms with Crippen LogP contribution in [0.2, 0.25) is 0 Å². The van der Waals surface area contributed by atoms with Gasteiger partial charge in [0.2, 0.25) is 0 Å². The highest BCUT2D eigenvalue weighted by atomic mass is 35.5. The quantitative estimate of drug-likeness (QED) is 0.754. The first kappa shape index (κ1) is 13.0. The van der Waals surface area contributed by atoms with E-state index < -0.39 is 0 Å². The third-order valence-corrected chi connectivity index (χ3v) is 4.65. The van der Waals surface area contributed by atoms with E-state index in [0.717, 1.165) is 29.7 Å². The molecule has 102 valence electrons. The second-order valence-electron chi connectivity index (χ2n) is 6.00. The van der Waals surface area contributed by atoms with Crippen LogP contribution in [0.25, 0.3) is 11.0 Å². The summed E-state index contributed by atoms with van der Waals surface area (Å²) in [6.07, 6.45) is 4.05. The zero-order valence-electron chi connectivity index (χ0n) is 11.7. The molecule has 1 aliphatic rings. The Morgan fingerprint density at radius 3 is 2.89 bits per heavy atom. The molecule has 0 aliphatic heterocycles. The van der Waals surface area contributed by atoms with Gasteiger partial charge in [0, 0.05) is 6.54 Å². The Kier molecular flexibility index (Phi) is 3.53. The summed E-state index contributed by atoms with van der Waals surface area (Å²) in [7, 11) is 0. The van der Waals surface area contributed by atoms with Crippen molar-refractivity contribution >= 4 is 22.6 Å². The van der Waals surface area contributed by atoms with Gasteiger partial charge < -0.3 is 4.57 Å². The summed E-state index contributed by atoms with van der Waals surface area (Å²) >= 11 is 6.09. The summed E-state index contributed by atoms with van der Waals surface area (Å²) in [5, 5.41) is 0. The summed E-state index contributed by atoms with van der Waals surface area (Å²) in [6, 6.07) is 6.33. The summed E-state index contributed by atoms with van der Waals surface area (Å²) in [4.78, 5) is 4.68. The first-order chi connectivity index (χ1) is 9.19. The molecule has 1 aromatic carbocycles. The predicted molar refractivity (Wildman–Crippen MR) is 80.5 cm³/mol. The molecule has 1 saturated carbocycles. The van der Waals surface area contributed by atoms with Crippen LogP contribution in [-0.2, 0) is 12.4 Å². The van der Waals surface area contributed by atoms with Gasteiger partial charge in [0.15, 0.2) is 0 Å². The second kappa shape index (κ2) is 5.16. The van der Waals surface area contributed by atoms with Gasteiger partial charge in [-0.2, -0.15) is 0 Å². The number of para-hydroxylation sites is 1. The minimum atomic E-state index is 0.496. The van der Waals surface area contributed by atoms with E-state index in [1.54, 1.807) is 0 Å². The lowest BCUT2D eigenvalue weighted by Crippen LogP contribution is -2.11. The summed E-state index contributed by atoms with van der Waals surface area (Å²) in [5.41, 5.74) is 3.66. The van der Waals surface area contributed by atoms with Gasteiger partial charge >= 0.3 is 0 Å². The maximum atomic E-state index is 6.09. The molecule has 2 nitrogen and oxygen atoms in total. The van der Waals surface area contributed by atoms with Gasteiger partial charge in [-0.15, -0.1) is 11.6 Å². The summed E-state index contributed by atoms with van der Waals surface area (Å²) in [6.45, 7) is 5.60. The first-order valence-electron chi connectivity index (χ1n) is 7.19. The average molecular weight is 277 g/mol. The molecule has 3 heteroatoms. The zero-order valence-corrected chi connectivity index (χ0v) is 12.5. The second-order valence-corrected chi connectivity index (χ2v) is 6.27. The SMILES string of the molecule is Cc1cccc2nc(CCl)n(CC3CCC(C)C3)c12. The number of imidazole rings is 1. The molecule has 19 heavy (non-hydrogen) atoms. The van der Waals surface area contributed by atoms with Crippen molar-refractivity contribution in [1.82, 2.24) is 9.55 Å². The minimum absolute atomic E-state index is 0.496. The normalized spacial score (nSPS) is 23.3. The van der Waals surface area contributed by atoms with Crippen molar-refractivity contribution in [2.45, 2.75) is 45.5 Å². The van der Waals surface area contributed by atoms with Crippen molar-refractivity contribution in [2.75, 3.05) is 0 Å². The number of hydrogen-bond donors (Lipinski definition) is 0. The van der Waals surface area contributed by atoms with Crippen molar-refractivity contribution in [3.8, 4) is 0 Å². The first-order valence-corrected chi connectivity index (χ1v) is 7.73. The number of rotatable bonds is 3. The van der Waals surface area contributed by atoms with E-state index in [0.29, 0.717) is 5.88 Å². The fourth-order valence-corrected chi connectivity index (χ4v) is 3.66. The molecule has 1 aromatic heterocycles. The lowest BCUT2D eigenvalue weighted by molar-refractivity contribution is 0.441. The van der Waals surface area contributed by atoms with Crippen molar-refractivity contribution in [3.05, 3.63) is 29.6 Å². The Balaban J connectivity index is 2.00.